The maximum absolute atomic E-state index is 12.2. The van der Waals surface area contributed by atoms with Crippen LogP contribution in [0.15, 0.2) is 0 Å². The zero-order valence-corrected chi connectivity index (χ0v) is 24.3. The van der Waals surface area contributed by atoms with Crippen LogP contribution in [0.25, 0.3) is 0 Å². The van der Waals surface area contributed by atoms with Crippen molar-refractivity contribution in [2.75, 3.05) is 13.2 Å². The van der Waals surface area contributed by atoms with Crippen molar-refractivity contribution >= 4 is 28.2 Å². The Morgan fingerprint density at radius 3 is 1.78 bits per heavy atom. The fraction of sp³-hybridized carbons (Fsp3) is 0.864. The van der Waals surface area contributed by atoms with E-state index in [9.17, 15) is 68.2 Å². The highest BCUT2D eigenvalue weighted by molar-refractivity contribution is 7.80. The zero-order valence-electron chi connectivity index (χ0n) is 23.5. The molecule has 260 valence electrons. The first-order chi connectivity index (χ1) is 20.9. The summed E-state index contributed by atoms with van der Waals surface area (Å²) in [5.41, 5.74) is 0. The minimum Gasteiger partial charge on any atom is -0.479 e. The number of ether oxygens (including phenoxy) is 5. The van der Waals surface area contributed by atoms with Crippen molar-refractivity contribution in [3.05, 3.63) is 0 Å². The standard InChI is InChI=1S/C22H36N2O20S/c1-5(27)23-9-12(30)11(29)7(3-25)40-21(9)42-17-13(31)14(32)22(43-18(17)19(33)34)41-16-10(24-6(2)28)20(35)39-8(4-26)15(16)44-45(36,37)38/h7-18,20-22,25-26,29-32,35H,3-4H2,1-2H3,(H,23,27)(H,24,28)(H,33,34)(H,36,37,38)/t7-,8-,9-,10-,11+,12-,13-,14-,15+,16-,17+,18-,20?,21+,22-/m1/s1. The molecule has 0 bridgehead atoms. The molecule has 3 heterocycles. The van der Waals surface area contributed by atoms with Gasteiger partial charge in [0.25, 0.3) is 0 Å². The Labute approximate surface area is 254 Å². The van der Waals surface area contributed by atoms with E-state index in [1.54, 1.807) is 0 Å². The molecule has 15 atom stereocenters. The summed E-state index contributed by atoms with van der Waals surface area (Å²) in [7, 11) is -5.34. The Kier molecular flexibility index (Phi) is 12.5. The fourth-order valence-electron chi connectivity index (χ4n) is 5.07. The van der Waals surface area contributed by atoms with Gasteiger partial charge >= 0.3 is 16.4 Å². The maximum Gasteiger partial charge on any atom is 0.397 e. The average molecular weight is 681 g/mol. The molecule has 0 radical (unpaired) electrons. The van der Waals surface area contributed by atoms with Gasteiger partial charge in [-0.1, -0.05) is 0 Å². The molecule has 0 aromatic heterocycles. The largest absolute Gasteiger partial charge is 0.479 e. The number of carboxylic acids is 1. The molecule has 3 rings (SSSR count). The van der Waals surface area contributed by atoms with Gasteiger partial charge in [-0.3, -0.25) is 14.1 Å². The number of hydrogen-bond donors (Lipinski definition) is 11. The third kappa shape index (κ3) is 8.79. The lowest BCUT2D eigenvalue weighted by molar-refractivity contribution is -0.358. The van der Waals surface area contributed by atoms with Gasteiger partial charge in [0.1, 0.15) is 67.0 Å². The monoisotopic (exact) mass is 680 g/mol. The maximum atomic E-state index is 12.2. The summed E-state index contributed by atoms with van der Waals surface area (Å²) in [5.74, 6) is -3.46. The van der Waals surface area contributed by atoms with Crippen LogP contribution in [0.2, 0.25) is 0 Å². The average Bonchev–Trinajstić information content (AvgIpc) is 2.93. The molecule has 22 nitrogen and oxygen atoms in total. The smallest absolute Gasteiger partial charge is 0.397 e. The second kappa shape index (κ2) is 15.1. The molecule has 11 N–H and O–H groups in total. The molecule has 3 aliphatic heterocycles. The van der Waals surface area contributed by atoms with Gasteiger partial charge in [0.05, 0.1) is 13.2 Å². The number of hydrogen-bond acceptors (Lipinski definition) is 18. The highest BCUT2D eigenvalue weighted by Crippen LogP contribution is 2.33. The van der Waals surface area contributed by atoms with Gasteiger partial charge in [-0.15, -0.1) is 0 Å². The summed E-state index contributed by atoms with van der Waals surface area (Å²) in [5, 5.41) is 86.4. The lowest BCUT2D eigenvalue weighted by Gasteiger charge is -2.48. The summed E-state index contributed by atoms with van der Waals surface area (Å²) in [6.07, 6.45) is -26.0. The summed E-state index contributed by atoms with van der Waals surface area (Å²) in [6.45, 7) is 0.0714. The molecule has 0 spiro atoms. The Morgan fingerprint density at radius 1 is 0.711 bits per heavy atom. The molecular formula is C22H36N2O20S. The second-order valence-electron chi connectivity index (χ2n) is 10.3. The molecule has 45 heavy (non-hydrogen) atoms. The SMILES string of the molecule is CC(=O)N[C@H]1[C@H](O[C@H]2[C@H](O)[C@@H](O)[C@H](O[C@H]3[C@@H](OS(=O)(=O)O)[C@@H](CO)OC(O)[C@@H]3NC(C)=O)O[C@H]2C(=O)O)O[C@H](CO)[C@H](O)[C@@H]1O. The Morgan fingerprint density at radius 2 is 1.27 bits per heavy atom. The normalized spacial score (nSPS) is 42.5. The van der Waals surface area contributed by atoms with Crippen LogP contribution in [-0.2, 0) is 52.7 Å². The first-order valence-electron chi connectivity index (χ1n) is 13.2. The predicted molar refractivity (Wildman–Crippen MR) is 135 cm³/mol. The van der Waals surface area contributed by atoms with Crippen molar-refractivity contribution in [3.8, 4) is 0 Å². The first-order valence-corrected chi connectivity index (χ1v) is 14.6. The van der Waals surface area contributed by atoms with Crippen molar-refractivity contribution in [1.82, 2.24) is 10.6 Å². The Balaban J connectivity index is 1.94. The number of carbonyl (C=O) groups excluding carboxylic acids is 2. The fourth-order valence-corrected chi connectivity index (χ4v) is 5.58. The van der Waals surface area contributed by atoms with Crippen LogP contribution in [0.3, 0.4) is 0 Å². The van der Waals surface area contributed by atoms with Crippen molar-refractivity contribution in [3.63, 3.8) is 0 Å². The van der Waals surface area contributed by atoms with Crippen molar-refractivity contribution in [2.24, 2.45) is 0 Å². The number of carbonyl (C=O) groups is 3. The number of rotatable bonds is 11. The van der Waals surface area contributed by atoms with Gasteiger partial charge in [-0.05, 0) is 0 Å². The summed E-state index contributed by atoms with van der Waals surface area (Å²) >= 11 is 0. The summed E-state index contributed by atoms with van der Waals surface area (Å²) in [4.78, 5) is 35.8. The van der Waals surface area contributed by atoms with Crippen LogP contribution in [0.1, 0.15) is 13.8 Å². The van der Waals surface area contributed by atoms with E-state index in [1.807, 2.05) is 0 Å². The number of amides is 2. The van der Waals surface area contributed by atoms with Gasteiger partial charge in [-0.2, -0.15) is 8.42 Å². The predicted octanol–water partition coefficient (Wildman–Crippen LogP) is -7.37. The molecule has 2 amide bonds. The van der Waals surface area contributed by atoms with Crippen LogP contribution >= 0.6 is 0 Å². The van der Waals surface area contributed by atoms with E-state index in [4.69, 9.17) is 23.7 Å². The molecule has 0 saturated carbocycles. The molecule has 1 unspecified atom stereocenters. The molecule has 3 fully saturated rings. The van der Waals surface area contributed by atoms with Gasteiger partial charge in [0.15, 0.2) is 25.0 Å². The number of aliphatic hydroxyl groups is 7. The van der Waals surface area contributed by atoms with E-state index in [-0.39, 0.29) is 0 Å². The van der Waals surface area contributed by atoms with Crippen molar-refractivity contribution in [1.29, 1.82) is 0 Å². The molecular weight excluding hydrogens is 644 g/mol. The number of aliphatic carboxylic acids is 1. The van der Waals surface area contributed by atoms with Gasteiger partial charge in [0, 0.05) is 13.8 Å². The van der Waals surface area contributed by atoms with Crippen LogP contribution < -0.4 is 10.6 Å². The number of aliphatic hydroxyl groups excluding tert-OH is 7. The van der Waals surface area contributed by atoms with Gasteiger partial charge in [0.2, 0.25) is 11.8 Å². The topological polar surface area (TPSA) is 347 Å². The molecule has 3 aliphatic rings. The Hall–Kier alpha value is -2.20. The molecule has 0 aromatic rings. The molecule has 0 aromatic carbocycles. The van der Waals surface area contributed by atoms with E-state index >= 15 is 0 Å². The van der Waals surface area contributed by atoms with Crippen molar-refractivity contribution < 1.29 is 96.1 Å². The molecule has 0 aliphatic carbocycles. The van der Waals surface area contributed by atoms with E-state index in [2.05, 4.69) is 14.8 Å². The zero-order chi connectivity index (χ0) is 34.0. The summed E-state index contributed by atoms with van der Waals surface area (Å²) < 4.78 is 63.8. The lowest BCUT2D eigenvalue weighted by atomic mass is 9.94. The summed E-state index contributed by atoms with van der Waals surface area (Å²) in [6, 6.07) is -3.36. The van der Waals surface area contributed by atoms with E-state index in [0.29, 0.717) is 0 Å². The highest BCUT2D eigenvalue weighted by Gasteiger charge is 2.56. The van der Waals surface area contributed by atoms with Crippen LogP contribution in [0.5, 0.6) is 0 Å². The van der Waals surface area contributed by atoms with Gasteiger partial charge in [-0.25, -0.2) is 8.98 Å². The van der Waals surface area contributed by atoms with E-state index in [0.717, 1.165) is 13.8 Å². The Bertz CT molecular complexity index is 1160. The van der Waals surface area contributed by atoms with E-state index in [1.165, 1.54) is 0 Å². The first kappa shape index (κ1) is 37.3. The molecule has 23 heteroatoms. The number of nitrogens with one attached hydrogen (secondary N) is 2. The highest BCUT2D eigenvalue weighted by atomic mass is 32.3. The van der Waals surface area contributed by atoms with E-state index < -0.39 is 133 Å². The quantitative estimate of drug-likeness (QED) is 0.0902. The second-order valence-corrected chi connectivity index (χ2v) is 11.4. The van der Waals surface area contributed by atoms with Gasteiger partial charge < -0.3 is 75.2 Å². The van der Waals surface area contributed by atoms with Crippen LogP contribution in [-0.4, -0.2) is 177 Å². The lowest BCUT2D eigenvalue weighted by Crippen LogP contribution is -2.70. The minimum atomic E-state index is -5.34. The van der Waals surface area contributed by atoms with Crippen LogP contribution in [0.4, 0.5) is 0 Å². The molecule has 3 saturated heterocycles. The third-order valence-electron chi connectivity index (χ3n) is 7.07. The number of carboxylic acid groups (broad SMARTS) is 1. The third-order valence-corrected chi connectivity index (χ3v) is 7.53. The van der Waals surface area contributed by atoms with Crippen LogP contribution in [0, 0.1) is 0 Å². The minimum absolute atomic E-state index is 0.759. The van der Waals surface area contributed by atoms with Crippen molar-refractivity contribution in [2.45, 2.75) is 106 Å².